The molecule has 0 aromatic heterocycles. The third-order valence-corrected chi connectivity index (χ3v) is 6.05. The van der Waals surface area contributed by atoms with Crippen LogP contribution >= 0.6 is 11.8 Å². The van der Waals surface area contributed by atoms with E-state index in [0.717, 1.165) is 38.2 Å². The van der Waals surface area contributed by atoms with Gasteiger partial charge in [-0.3, -0.25) is 4.79 Å². The highest BCUT2D eigenvalue weighted by atomic mass is 32.2. The fourth-order valence-corrected chi connectivity index (χ4v) is 4.13. The number of amides is 1. The number of nitrogens with zero attached hydrogens (tertiary/aromatic N) is 1. The number of benzene rings is 2. The van der Waals surface area contributed by atoms with Crippen molar-refractivity contribution in [3.8, 4) is 0 Å². The molecule has 1 heterocycles. The van der Waals surface area contributed by atoms with Gasteiger partial charge < -0.3 is 15.5 Å². The van der Waals surface area contributed by atoms with E-state index in [9.17, 15) is 4.79 Å². The van der Waals surface area contributed by atoms with E-state index in [2.05, 4.69) is 46.1 Å². The first kappa shape index (κ1) is 21.7. The molecule has 4 nitrogen and oxygen atoms in total. The second-order valence-electron chi connectivity index (χ2n) is 7.65. The van der Waals surface area contributed by atoms with Gasteiger partial charge in [-0.15, -0.1) is 0 Å². The molecule has 0 atom stereocenters. The predicted molar refractivity (Wildman–Crippen MR) is 126 cm³/mol. The van der Waals surface area contributed by atoms with Crippen LogP contribution in [-0.2, 0) is 11.2 Å². The molecule has 0 aliphatic carbocycles. The first-order chi connectivity index (χ1) is 14.2. The van der Waals surface area contributed by atoms with Crippen molar-refractivity contribution in [2.45, 2.75) is 38.1 Å². The number of thioether (sulfide) groups is 1. The van der Waals surface area contributed by atoms with Crippen LogP contribution in [0.2, 0.25) is 0 Å². The lowest BCUT2D eigenvalue weighted by atomic mass is 10.0. The van der Waals surface area contributed by atoms with Gasteiger partial charge in [0.25, 0.3) is 0 Å². The number of carbonyl (C=O) groups excluding carboxylic acids is 1. The second-order valence-corrected chi connectivity index (χ2v) is 8.63. The van der Waals surface area contributed by atoms with Crippen LogP contribution in [0.3, 0.4) is 0 Å². The third kappa shape index (κ3) is 7.41. The lowest BCUT2D eigenvalue weighted by Crippen LogP contribution is -2.43. The van der Waals surface area contributed by atoms with E-state index in [1.54, 1.807) is 0 Å². The van der Waals surface area contributed by atoms with Gasteiger partial charge in [0.05, 0.1) is 0 Å². The molecule has 1 aliphatic rings. The summed E-state index contributed by atoms with van der Waals surface area (Å²) in [6, 6.07) is 19.2. The number of hydrogen-bond acceptors (Lipinski definition) is 4. The van der Waals surface area contributed by atoms with Crippen LogP contribution in [0.4, 0.5) is 11.4 Å². The van der Waals surface area contributed by atoms with Crippen molar-refractivity contribution < 1.29 is 4.79 Å². The van der Waals surface area contributed by atoms with Crippen molar-refractivity contribution >= 4 is 29.0 Å². The van der Waals surface area contributed by atoms with Crippen LogP contribution in [0.1, 0.15) is 31.2 Å². The van der Waals surface area contributed by atoms with Crippen LogP contribution in [0.5, 0.6) is 0 Å². The molecule has 1 saturated heterocycles. The van der Waals surface area contributed by atoms with Crippen molar-refractivity contribution in [1.82, 2.24) is 5.32 Å². The van der Waals surface area contributed by atoms with E-state index in [1.807, 2.05) is 42.1 Å². The summed E-state index contributed by atoms with van der Waals surface area (Å²) in [5.41, 5.74) is 3.38. The van der Waals surface area contributed by atoms with Gasteiger partial charge in [-0.05, 0) is 55.7 Å². The fraction of sp³-hybridized carbons (Fsp3) is 0.458. The van der Waals surface area contributed by atoms with Gasteiger partial charge in [0.1, 0.15) is 0 Å². The molecule has 1 fully saturated rings. The number of aryl methyl sites for hydroxylation is 1. The number of nitrogens with one attached hydrogen (secondary N) is 2. The minimum Gasteiger partial charge on any atom is -0.371 e. The summed E-state index contributed by atoms with van der Waals surface area (Å²) in [4.78, 5) is 14.8. The number of hydrogen-bond donors (Lipinski definition) is 2. The largest absolute Gasteiger partial charge is 0.371 e. The van der Waals surface area contributed by atoms with Crippen LogP contribution in [0, 0.1) is 0 Å². The van der Waals surface area contributed by atoms with Crippen LogP contribution in [-0.4, -0.2) is 43.6 Å². The maximum atomic E-state index is 12.3. The third-order valence-electron chi connectivity index (χ3n) is 5.44. The zero-order chi connectivity index (χ0) is 20.3. The Balaban J connectivity index is 1.43. The van der Waals surface area contributed by atoms with Crippen LogP contribution in [0.25, 0.3) is 0 Å². The van der Waals surface area contributed by atoms with Gasteiger partial charge in [0.2, 0.25) is 5.91 Å². The lowest BCUT2D eigenvalue weighted by molar-refractivity contribution is -0.116. The summed E-state index contributed by atoms with van der Waals surface area (Å²) in [6.07, 6.45) is 6.85. The molecule has 2 N–H and O–H groups in total. The molecule has 2 aromatic rings. The monoisotopic (exact) mass is 411 g/mol. The Morgan fingerprint density at radius 2 is 1.90 bits per heavy atom. The van der Waals surface area contributed by atoms with E-state index in [-0.39, 0.29) is 5.91 Å². The first-order valence-electron chi connectivity index (χ1n) is 10.7. The molecule has 3 rings (SSSR count). The predicted octanol–water partition coefficient (Wildman–Crippen LogP) is 4.57. The van der Waals surface area contributed by atoms with E-state index >= 15 is 0 Å². The normalized spacial score (nSPS) is 14.7. The van der Waals surface area contributed by atoms with Crippen molar-refractivity contribution in [2.24, 2.45) is 0 Å². The van der Waals surface area contributed by atoms with E-state index in [4.69, 9.17) is 0 Å². The van der Waals surface area contributed by atoms with Crippen LogP contribution < -0.4 is 15.5 Å². The Bertz CT molecular complexity index is 745. The molecule has 29 heavy (non-hydrogen) atoms. The molecule has 0 bridgehead atoms. The molecular formula is C24H33N3OS. The molecule has 0 unspecified atom stereocenters. The minimum atomic E-state index is 0.0924. The van der Waals surface area contributed by atoms with Gasteiger partial charge in [0, 0.05) is 49.2 Å². The van der Waals surface area contributed by atoms with Gasteiger partial charge in [-0.25, -0.2) is 0 Å². The highest BCUT2D eigenvalue weighted by molar-refractivity contribution is 7.98. The average Bonchev–Trinajstić information content (AvgIpc) is 2.75. The molecule has 0 spiro atoms. The van der Waals surface area contributed by atoms with Gasteiger partial charge in [0.15, 0.2) is 0 Å². The Morgan fingerprint density at radius 1 is 1.10 bits per heavy atom. The highest BCUT2D eigenvalue weighted by Crippen LogP contribution is 2.23. The maximum absolute atomic E-state index is 12.3. The van der Waals surface area contributed by atoms with E-state index in [0.29, 0.717) is 12.5 Å². The van der Waals surface area contributed by atoms with E-state index < -0.39 is 0 Å². The Labute approximate surface area is 179 Å². The second kappa shape index (κ2) is 11.9. The molecular weight excluding hydrogens is 378 g/mol. The van der Waals surface area contributed by atoms with Crippen molar-refractivity contribution in [3.63, 3.8) is 0 Å². The number of anilines is 2. The quantitative estimate of drug-likeness (QED) is 0.562. The first-order valence-corrected chi connectivity index (χ1v) is 12.0. The standard InChI is InChI=1S/C24H33N3OS/c1-29-18-15-25-21-13-16-27(17-14-21)23-11-6-10-22(19-23)26-24(28)12-5-9-20-7-3-2-4-8-20/h2-4,6-8,10-11,19,21,25H,5,9,12-18H2,1H3,(H,26,28). The van der Waals surface area contributed by atoms with Gasteiger partial charge in [-0.1, -0.05) is 36.4 Å². The van der Waals surface area contributed by atoms with Crippen LogP contribution in [0.15, 0.2) is 54.6 Å². The topological polar surface area (TPSA) is 44.4 Å². The summed E-state index contributed by atoms with van der Waals surface area (Å²) >= 11 is 1.89. The maximum Gasteiger partial charge on any atom is 0.224 e. The number of carbonyl (C=O) groups is 1. The van der Waals surface area contributed by atoms with Gasteiger partial charge in [-0.2, -0.15) is 11.8 Å². The summed E-state index contributed by atoms with van der Waals surface area (Å²) in [5, 5.41) is 6.73. The molecule has 156 valence electrons. The zero-order valence-corrected chi connectivity index (χ0v) is 18.2. The lowest BCUT2D eigenvalue weighted by Gasteiger charge is -2.34. The average molecular weight is 412 g/mol. The molecule has 0 radical (unpaired) electrons. The number of piperidine rings is 1. The zero-order valence-electron chi connectivity index (χ0n) is 17.4. The van der Waals surface area contributed by atoms with Crippen molar-refractivity contribution in [1.29, 1.82) is 0 Å². The highest BCUT2D eigenvalue weighted by Gasteiger charge is 2.19. The van der Waals surface area contributed by atoms with E-state index in [1.165, 1.54) is 29.8 Å². The molecule has 5 heteroatoms. The number of rotatable bonds is 10. The molecule has 2 aromatic carbocycles. The SMILES string of the molecule is CSCCNC1CCN(c2cccc(NC(=O)CCCc3ccccc3)c2)CC1. The minimum absolute atomic E-state index is 0.0924. The summed E-state index contributed by atoms with van der Waals surface area (Å²) < 4.78 is 0. The Kier molecular flexibility index (Phi) is 8.90. The van der Waals surface area contributed by atoms with Gasteiger partial charge >= 0.3 is 0 Å². The molecule has 1 amide bonds. The Hall–Kier alpha value is -1.98. The smallest absolute Gasteiger partial charge is 0.224 e. The molecule has 1 aliphatic heterocycles. The Morgan fingerprint density at radius 3 is 2.66 bits per heavy atom. The fourth-order valence-electron chi connectivity index (χ4n) is 3.81. The van der Waals surface area contributed by atoms with Crippen molar-refractivity contribution in [3.05, 3.63) is 60.2 Å². The summed E-state index contributed by atoms with van der Waals surface area (Å²) in [7, 11) is 0. The summed E-state index contributed by atoms with van der Waals surface area (Å²) in [5.74, 6) is 1.27. The summed E-state index contributed by atoms with van der Waals surface area (Å²) in [6.45, 7) is 3.22. The van der Waals surface area contributed by atoms with Crippen molar-refractivity contribution in [2.75, 3.05) is 41.9 Å². The molecule has 0 saturated carbocycles.